The van der Waals surface area contributed by atoms with E-state index in [1.807, 2.05) is 0 Å². The summed E-state index contributed by atoms with van der Waals surface area (Å²) >= 11 is 0. The van der Waals surface area contributed by atoms with Crippen LogP contribution in [0.5, 0.6) is 5.75 Å². The summed E-state index contributed by atoms with van der Waals surface area (Å²) in [5, 5.41) is 2.77. The summed E-state index contributed by atoms with van der Waals surface area (Å²) in [7, 11) is 0. The number of nitrogens with one attached hydrogen (secondary N) is 1. The van der Waals surface area contributed by atoms with Crippen LogP contribution in [0.25, 0.3) is 0 Å². The summed E-state index contributed by atoms with van der Waals surface area (Å²) in [5.41, 5.74) is 0.0105. The van der Waals surface area contributed by atoms with E-state index < -0.39 is 11.9 Å². The first-order valence-corrected chi connectivity index (χ1v) is 7.06. The van der Waals surface area contributed by atoms with E-state index in [1.54, 1.807) is 6.92 Å². The maximum atomic E-state index is 13.6. The van der Waals surface area contributed by atoms with Crippen molar-refractivity contribution in [3.05, 3.63) is 29.6 Å². The van der Waals surface area contributed by atoms with Crippen LogP contribution in [0.4, 0.5) is 4.39 Å². The molecule has 1 unspecified atom stereocenters. The fourth-order valence-corrected chi connectivity index (χ4v) is 1.74. The van der Waals surface area contributed by atoms with Crippen molar-refractivity contribution in [2.45, 2.75) is 40.2 Å². The highest BCUT2D eigenvalue weighted by Crippen LogP contribution is 2.18. The molecule has 0 bridgehead atoms. The lowest BCUT2D eigenvalue weighted by atomic mass is 10.1. The number of Topliss-reactive ketones (excluding diaryl/α,β-unsaturated/α-hetero) is 1. The number of benzene rings is 1. The minimum atomic E-state index is -0.722. The van der Waals surface area contributed by atoms with E-state index in [4.69, 9.17) is 4.74 Å². The number of ether oxygens (including phenoxy) is 1. The van der Waals surface area contributed by atoms with Crippen molar-refractivity contribution in [3.8, 4) is 5.75 Å². The minimum Gasteiger partial charge on any atom is -0.481 e. The second-order valence-corrected chi connectivity index (χ2v) is 5.43. The van der Waals surface area contributed by atoms with Crippen molar-refractivity contribution in [1.82, 2.24) is 5.32 Å². The molecule has 0 aliphatic carbocycles. The third-order valence-corrected chi connectivity index (χ3v) is 3.02. The van der Waals surface area contributed by atoms with Crippen molar-refractivity contribution in [1.29, 1.82) is 0 Å². The molecule has 0 radical (unpaired) electrons. The zero-order chi connectivity index (χ0) is 16.0. The molecule has 5 heteroatoms. The number of carbonyl (C=O) groups excluding carboxylic acids is 2. The molecule has 0 fully saturated rings. The molecule has 1 rings (SSSR count). The number of carbonyl (C=O) groups is 2. The number of hydrogen-bond acceptors (Lipinski definition) is 3. The molecule has 116 valence electrons. The molecule has 0 saturated carbocycles. The maximum absolute atomic E-state index is 13.6. The Morgan fingerprint density at radius 1 is 1.29 bits per heavy atom. The Hall–Kier alpha value is -1.91. The lowest BCUT2D eigenvalue weighted by Gasteiger charge is -2.15. The second kappa shape index (κ2) is 7.76. The monoisotopic (exact) mass is 295 g/mol. The molecule has 1 N–H and O–H groups in total. The van der Waals surface area contributed by atoms with Crippen LogP contribution in [0.2, 0.25) is 0 Å². The summed E-state index contributed by atoms with van der Waals surface area (Å²) in [6.07, 6.45) is 0.167. The van der Waals surface area contributed by atoms with Gasteiger partial charge in [0.1, 0.15) is 11.6 Å². The van der Waals surface area contributed by atoms with E-state index in [1.165, 1.54) is 19.1 Å². The smallest absolute Gasteiger partial charge is 0.260 e. The minimum absolute atomic E-state index is 0.0105. The van der Waals surface area contributed by atoms with E-state index in [9.17, 15) is 14.0 Å². The van der Waals surface area contributed by atoms with Gasteiger partial charge in [-0.15, -0.1) is 0 Å². The number of rotatable bonds is 7. The summed E-state index contributed by atoms with van der Waals surface area (Å²) in [6, 6.07) is 3.96. The van der Waals surface area contributed by atoms with Crippen LogP contribution in [0, 0.1) is 11.7 Å². The maximum Gasteiger partial charge on any atom is 0.260 e. The average molecular weight is 295 g/mol. The SMILES string of the molecule is CC(=O)c1ccc(OC(C)C(=O)NCCC(C)C)cc1F. The molecule has 0 saturated heterocycles. The zero-order valence-electron chi connectivity index (χ0n) is 12.9. The number of amides is 1. The molecule has 0 aliphatic rings. The summed E-state index contributed by atoms with van der Waals surface area (Å²) < 4.78 is 19.0. The normalized spacial score (nSPS) is 12.1. The van der Waals surface area contributed by atoms with Crippen LogP contribution < -0.4 is 10.1 Å². The van der Waals surface area contributed by atoms with Gasteiger partial charge in [0.25, 0.3) is 5.91 Å². The van der Waals surface area contributed by atoms with E-state index >= 15 is 0 Å². The topological polar surface area (TPSA) is 55.4 Å². The standard InChI is InChI=1S/C16H22FNO3/c1-10(2)7-8-18-16(20)12(4)21-13-5-6-14(11(3)19)15(17)9-13/h5-6,9-10,12H,7-8H2,1-4H3,(H,18,20). The van der Waals surface area contributed by atoms with Gasteiger partial charge >= 0.3 is 0 Å². The van der Waals surface area contributed by atoms with E-state index in [-0.39, 0.29) is 23.0 Å². The van der Waals surface area contributed by atoms with Crippen LogP contribution >= 0.6 is 0 Å². The van der Waals surface area contributed by atoms with Crippen LogP contribution in [0.1, 0.15) is 44.5 Å². The first kappa shape index (κ1) is 17.1. The Bertz CT molecular complexity index is 514. The Morgan fingerprint density at radius 3 is 2.48 bits per heavy atom. The van der Waals surface area contributed by atoms with Gasteiger partial charge in [-0.05, 0) is 38.3 Å². The molecule has 0 spiro atoms. The van der Waals surface area contributed by atoms with Crippen molar-refractivity contribution < 1.29 is 18.7 Å². The lowest BCUT2D eigenvalue weighted by Crippen LogP contribution is -2.37. The van der Waals surface area contributed by atoms with Gasteiger partial charge in [-0.25, -0.2) is 4.39 Å². The average Bonchev–Trinajstić information content (AvgIpc) is 2.37. The Labute approximate surface area is 124 Å². The lowest BCUT2D eigenvalue weighted by molar-refractivity contribution is -0.127. The van der Waals surface area contributed by atoms with Crippen molar-refractivity contribution in [2.75, 3.05) is 6.54 Å². The van der Waals surface area contributed by atoms with Gasteiger partial charge in [0.15, 0.2) is 11.9 Å². The highest BCUT2D eigenvalue weighted by atomic mass is 19.1. The highest BCUT2D eigenvalue weighted by molar-refractivity contribution is 5.94. The zero-order valence-corrected chi connectivity index (χ0v) is 12.9. The molecular formula is C16H22FNO3. The van der Waals surface area contributed by atoms with E-state index in [0.29, 0.717) is 12.5 Å². The van der Waals surface area contributed by atoms with Gasteiger partial charge < -0.3 is 10.1 Å². The molecule has 0 heterocycles. The van der Waals surface area contributed by atoms with Crippen molar-refractivity contribution in [2.24, 2.45) is 5.92 Å². The molecular weight excluding hydrogens is 273 g/mol. The van der Waals surface area contributed by atoms with Crippen molar-refractivity contribution in [3.63, 3.8) is 0 Å². The first-order chi connectivity index (χ1) is 9.81. The molecule has 4 nitrogen and oxygen atoms in total. The number of halogens is 1. The van der Waals surface area contributed by atoms with Crippen LogP contribution in [-0.2, 0) is 4.79 Å². The number of ketones is 1. The van der Waals surface area contributed by atoms with Gasteiger partial charge in [0.05, 0.1) is 5.56 Å². The van der Waals surface area contributed by atoms with Crippen LogP contribution in [-0.4, -0.2) is 24.3 Å². The molecule has 1 amide bonds. The molecule has 1 aromatic carbocycles. The van der Waals surface area contributed by atoms with Crippen molar-refractivity contribution >= 4 is 11.7 Å². The summed E-state index contributed by atoms with van der Waals surface area (Å²) in [6.45, 7) is 7.63. The van der Waals surface area contributed by atoms with Crippen LogP contribution in [0.3, 0.4) is 0 Å². The Kier molecular flexibility index (Phi) is 6.34. The number of hydrogen-bond donors (Lipinski definition) is 1. The largest absolute Gasteiger partial charge is 0.481 e. The van der Waals surface area contributed by atoms with Gasteiger partial charge in [0, 0.05) is 12.6 Å². The summed E-state index contributed by atoms with van der Waals surface area (Å²) in [5.74, 6) is -0.503. The quantitative estimate of drug-likeness (QED) is 0.787. The third kappa shape index (κ3) is 5.53. The fraction of sp³-hybridized carbons (Fsp3) is 0.500. The van der Waals surface area contributed by atoms with E-state index in [2.05, 4.69) is 19.2 Å². The molecule has 1 atom stereocenters. The predicted molar refractivity (Wildman–Crippen MR) is 79.0 cm³/mol. The fourth-order valence-electron chi connectivity index (χ4n) is 1.74. The molecule has 1 aromatic rings. The van der Waals surface area contributed by atoms with Gasteiger partial charge in [-0.3, -0.25) is 9.59 Å². The van der Waals surface area contributed by atoms with Gasteiger partial charge in [0.2, 0.25) is 0 Å². The summed E-state index contributed by atoms with van der Waals surface area (Å²) in [4.78, 5) is 22.9. The highest BCUT2D eigenvalue weighted by Gasteiger charge is 2.16. The Morgan fingerprint density at radius 2 is 1.95 bits per heavy atom. The van der Waals surface area contributed by atoms with Crippen LogP contribution in [0.15, 0.2) is 18.2 Å². The van der Waals surface area contributed by atoms with E-state index in [0.717, 1.165) is 12.5 Å². The molecule has 0 aliphatic heterocycles. The Balaban J connectivity index is 2.58. The van der Waals surface area contributed by atoms with Gasteiger partial charge in [-0.1, -0.05) is 13.8 Å². The predicted octanol–water partition coefficient (Wildman–Crippen LogP) is 2.96. The second-order valence-electron chi connectivity index (χ2n) is 5.43. The third-order valence-electron chi connectivity index (χ3n) is 3.02. The molecule has 0 aromatic heterocycles. The van der Waals surface area contributed by atoms with Gasteiger partial charge in [-0.2, -0.15) is 0 Å². The first-order valence-electron chi connectivity index (χ1n) is 7.06. The molecule has 21 heavy (non-hydrogen) atoms.